The smallest absolute Gasteiger partial charge is 0.309 e. The molecule has 0 radical (unpaired) electrons. The van der Waals surface area contributed by atoms with Crippen molar-refractivity contribution in [2.75, 3.05) is 0 Å². The summed E-state index contributed by atoms with van der Waals surface area (Å²) < 4.78 is 24.4. The predicted molar refractivity (Wildman–Crippen MR) is 81.9 cm³/mol. The lowest BCUT2D eigenvalue weighted by atomic mass is 9.81. The zero-order valence-electron chi connectivity index (χ0n) is 13.0. The molecular formula is C15H22NO4S-. The molecule has 0 aromatic carbocycles. The van der Waals surface area contributed by atoms with Crippen LogP contribution in [0.2, 0.25) is 0 Å². The zero-order chi connectivity index (χ0) is 16.4. The number of carbonyl (C=O) groups is 1. The monoisotopic (exact) mass is 312 g/mol. The lowest BCUT2D eigenvalue weighted by Crippen LogP contribution is -2.40. The van der Waals surface area contributed by atoms with Crippen molar-refractivity contribution < 1.29 is 18.7 Å². The van der Waals surface area contributed by atoms with Gasteiger partial charge >= 0.3 is 5.97 Å². The quantitative estimate of drug-likeness (QED) is 0.809. The Balaban J connectivity index is 3.30. The maximum absolute atomic E-state index is 11.6. The van der Waals surface area contributed by atoms with Crippen molar-refractivity contribution >= 4 is 17.2 Å². The van der Waals surface area contributed by atoms with E-state index in [0.717, 1.165) is 11.1 Å². The van der Waals surface area contributed by atoms with Crippen LogP contribution in [-0.4, -0.2) is 30.2 Å². The van der Waals surface area contributed by atoms with E-state index in [4.69, 9.17) is 0 Å². The van der Waals surface area contributed by atoms with E-state index in [1.807, 2.05) is 19.1 Å². The van der Waals surface area contributed by atoms with Gasteiger partial charge in [-0.25, -0.2) is 0 Å². The molecule has 1 rings (SSSR count). The van der Waals surface area contributed by atoms with Gasteiger partial charge in [0.15, 0.2) is 0 Å². The van der Waals surface area contributed by atoms with Gasteiger partial charge in [0, 0.05) is 11.3 Å². The molecule has 1 aliphatic rings. The Morgan fingerprint density at radius 1 is 1.48 bits per heavy atom. The van der Waals surface area contributed by atoms with Gasteiger partial charge in [0.25, 0.3) is 0 Å². The Kier molecular flexibility index (Phi) is 5.53. The summed E-state index contributed by atoms with van der Waals surface area (Å²) >= 11 is -2.41. The Hall–Kier alpha value is -1.40. The Labute approximate surface area is 128 Å². The highest BCUT2D eigenvalue weighted by atomic mass is 32.2. The molecule has 6 heteroatoms. The van der Waals surface area contributed by atoms with Crippen molar-refractivity contribution in [1.82, 2.24) is 4.31 Å². The van der Waals surface area contributed by atoms with Crippen LogP contribution >= 0.6 is 0 Å². The first kappa shape index (κ1) is 17.7. The van der Waals surface area contributed by atoms with Crippen LogP contribution in [0.1, 0.15) is 41.0 Å². The van der Waals surface area contributed by atoms with Gasteiger partial charge in [0.05, 0.1) is 17.2 Å². The van der Waals surface area contributed by atoms with Gasteiger partial charge in [-0.3, -0.25) is 13.3 Å². The molecule has 2 atom stereocenters. The summed E-state index contributed by atoms with van der Waals surface area (Å²) in [6.45, 7) is 8.67. The maximum Gasteiger partial charge on any atom is 0.309 e. The molecule has 1 N–H and O–H groups in total. The number of aliphatic carboxylic acids is 1. The number of allylic oxidation sites excluding steroid dienone is 3. The Morgan fingerprint density at radius 3 is 2.43 bits per heavy atom. The van der Waals surface area contributed by atoms with Crippen molar-refractivity contribution in [3.63, 3.8) is 0 Å². The predicted octanol–water partition coefficient (Wildman–Crippen LogP) is 2.76. The molecule has 0 spiro atoms. The summed E-state index contributed by atoms with van der Waals surface area (Å²) in [5.41, 5.74) is 1.26. The molecule has 1 aliphatic heterocycles. The van der Waals surface area contributed by atoms with Crippen molar-refractivity contribution in [2.24, 2.45) is 5.41 Å². The van der Waals surface area contributed by atoms with Crippen molar-refractivity contribution in [2.45, 2.75) is 47.1 Å². The van der Waals surface area contributed by atoms with E-state index >= 15 is 0 Å². The summed E-state index contributed by atoms with van der Waals surface area (Å²) in [4.78, 5) is 11.3. The third-order valence-electron chi connectivity index (χ3n) is 3.73. The van der Waals surface area contributed by atoms with E-state index < -0.39 is 28.7 Å². The Morgan fingerprint density at radius 2 is 2.05 bits per heavy atom. The van der Waals surface area contributed by atoms with Crippen LogP contribution in [0, 0.1) is 5.41 Å². The molecule has 118 valence electrons. The minimum absolute atomic E-state index is 0.297. The molecular weight excluding hydrogens is 290 g/mol. The number of rotatable bonds is 4. The lowest BCUT2D eigenvalue weighted by Gasteiger charge is -2.41. The van der Waals surface area contributed by atoms with E-state index in [1.54, 1.807) is 33.8 Å². The molecule has 0 saturated heterocycles. The second-order valence-electron chi connectivity index (χ2n) is 5.72. The normalized spacial score (nSPS) is 25.1. The minimum atomic E-state index is -2.41. The highest BCUT2D eigenvalue weighted by Crippen LogP contribution is 2.36. The first-order valence-corrected chi connectivity index (χ1v) is 7.84. The molecule has 0 fully saturated rings. The summed E-state index contributed by atoms with van der Waals surface area (Å²) in [6.07, 6.45) is 5.77. The molecule has 0 amide bonds. The number of carboxylic acids is 1. The van der Waals surface area contributed by atoms with Crippen LogP contribution < -0.4 is 0 Å². The number of carboxylic acid groups (broad SMARTS) is 1. The van der Waals surface area contributed by atoms with Crippen molar-refractivity contribution in [3.05, 3.63) is 35.1 Å². The van der Waals surface area contributed by atoms with E-state index in [2.05, 4.69) is 0 Å². The summed E-state index contributed by atoms with van der Waals surface area (Å²) in [5.74, 6) is -0.899. The first-order valence-electron chi connectivity index (χ1n) is 6.81. The molecule has 0 bridgehead atoms. The highest BCUT2D eigenvalue weighted by molar-refractivity contribution is 7.76. The molecule has 5 nitrogen and oxygen atoms in total. The average molecular weight is 312 g/mol. The van der Waals surface area contributed by atoms with Crippen LogP contribution in [0.15, 0.2) is 35.1 Å². The first-order chi connectivity index (χ1) is 9.65. The fraction of sp³-hybridized carbons (Fsp3) is 0.533. The molecule has 0 aliphatic carbocycles. The summed E-state index contributed by atoms with van der Waals surface area (Å²) in [6, 6.07) is -0.392. The van der Waals surface area contributed by atoms with Gasteiger partial charge < -0.3 is 9.66 Å². The van der Waals surface area contributed by atoms with Crippen molar-refractivity contribution in [3.8, 4) is 0 Å². The SMILES string of the molecule is C/C=C1/C=C(CC(C)(C)C(=O)O)[C@@H](C)N(S(=O)[O-])/C1=C/C. The van der Waals surface area contributed by atoms with E-state index in [0.29, 0.717) is 12.1 Å². The largest absolute Gasteiger partial charge is 0.755 e. The van der Waals surface area contributed by atoms with E-state index in [1.165, 1.54) is 4.31 Å². The maximum atomic E-state index is 11.6. The third-order valence-corrected chi connectivity index (χ3v) is 4.57. The van der Waals surface area contributed by atoms with E-state index in [-0.39, 0.29) is 0 Å². The number of nitrogens with zero attached hydrogens (tertiary/aromatic N) is 1. The highest BCUT2D eigenvalue weighted by Gasteiger charge is 2.34. The molecule has 1 heterocycles. The average Bonchev–Trinajstić information content (AvgIpc) is 2.39. The second-order valence-corrected chi connectivity index (χ2v) is 6.55. The van der Waals surface area contributed by atoms with Gasteiger partial charge in [0.2, 0.25) is 0 Å². The van der Waals surface area contributed by atoms with Gasteiger partial charge in [0.1, 0.15) is 0 Å². The fourth-order valence-electron chi connectivity index (χ4n) is 2.40. The standard InChI is InChI=1S/C15H23NO4S/c1-6-11-8-12(9-15(4,5)14(17)18)10(3)16(21(19)20)13(11)7-2/h6-8,10H,9H2,1-5H3,(H,17,18)(H,19,20)/p-1/b11-6-,13-7+/t10-/m1/s1. The van der Waals surface area contributed by atoms with Gasteiger partial charge in [-0.15, -0.1) is 0 Å². The molecule has 21 heavy (non-hydrogen) atoms. The molecule has 1 unspecified atom stereocenters. The number of hydrogen-bond acceptors (Lipinski definition) is 3. The lowest BCUT2D eigenvalue weighted by molar-refractivity contribution is -0.146. The molecule has 0 aromatic rings. The minimum Gasteiger partial charge on any atom is -0.755 e. The van der Waals surface area contributed by atoms with Crippen molar-refractivity contribution in [1.29, 1.82) is 0 Å². The van der Waals surface area contributed by atoms with Crippen LogP contribution in [-0.2, 0) is 16.1 Å². The van der Waals surface area contributed by atoms with Crippen LogP contribution in [0.25, 0.3) is 0 Å². The Bertz CT molecular complexity index is 546. The summed E-state index contributed by atoms with van der Waals surface area (Å²) in [5, 5.41) is 9.27. The van der Waals surface area contributed by atoms with Crippen LogP contribution in [0.5, 0.6) is 0 Å². The van der Waals surface area contributed by atoms with Gasteiger partial charge in [-0.05, 0) is 52.2 Å². The number of hydrogen-bond donors (Lipinski definition) is 1. The zero-order valence-corrected chi connectivity index (χ0v) is 13.9. The summed E-state index contributed by atoms with van der Waals surface area (Å²) in [7, 11) is 0. The van der Waals surface area contributed by atoms with Gasteiger partial charge in [-0.2, -0.15) is 0 Å². The second kappa shape index (κ2) is 6.58. The van der Waals surface area contributed by atoms with Crippen LogP contribution in [0.3, 0.4) is 0 Å². The fourth-order valence-corrected chi connectivity index (χ4v) is 3.16. The van der Waals surface area contributed by atoms with Gasteiger partial charge in [-0.1, -0.05) is 18.2 Å². The third kappa shape index (κ3) is 3.63. The van der Waals surface area contributed by atoms with E-state index in [9.17, 15) is 18.7 Å². The molecule has 0 saturated carbocycles. The topological polar surface area (TPSA) is 80.7 Å². The molecule has 0 aromatic heterocycles. The van der Waals surface area contributed by atoms with Crippen LogP contribution in [0.4, 0.5) is 0 Å².